The van der Waals surface area contributed by atoms with E-state index in [4.69, 9.17) is 0 Å². The highest BCUT2D eigenvalue weighted by Crippen LogP contribution is 2.08. The fourth-order valence-corrected chi connectivity index (χ4v) is 2.14. The highest BCUT2D eigenvalue weighted by atomic mass is 16.1. The van der Waals surface area contributed by atoms with Gasteiger partial charge in [-0.05, 0) is 32.0 Å². The molecule has 104 valence electrons. The second-order valence-electron chi connectivity index (χ2n) is 4.72. The van der Waals surface area contributed by atoms with Crippen molar-refractivity contribution in [3.05, 3.63) is 70.5 Å². The van der Waals surface area contributed by atoms with Gasteiger partial charge < -0.3 is 0 Å². The van der Waals surface area contributed by atoms with E-state index in [2.05, 4.69) is 15.1 Å². The first-order valence-corrected chi connectivity index (χ1v) is 6.61. The van der Waals surface area contributed by atoms with Crippen molar-refractivity contribution in [3.63, 3.8) is 0 Å². The smallest absolute Gasteiger partial charge is 0.267 e. The van der Waals surface area contributed by atoms with Gasteiger partial charge in [0.05, 0.1) is 16.6 Å². The number of aromatic nitrogens is 3. The van der Waals surface area contributed by atoms with E-state index in [9.17, 15) is 4.79 Å². The lowest BCUT2D eigenvalue weighted by atomic mass is 10.2. The van der Waals surface area contributed by atoms with Crippen molar-refractivity contribution in [2.75, 3.05) is 0 Å². The topological polar surface area (TPSA) is 60.1 Å². The van der Waals surface area contributed by atoms with Crippen LogP contribution in [0, 0.1) is 6.92 Å². The summed E-state index contributed by atoms with van der Waals surface area (Å²) in [6, 6.07) is 11.0. The predicted octanol–water partition coefficient (Wildman–Crippen LogP) is 2.37. The fourth-order valence-electron chi connectivity index (χ4n) is 2.14. The molecule has 0 amide bonds. The number of aryl methyl sites for hydroxylation is 1. The summed E-state index contributed by atoms with van der Waals surface area (Å²) in [6.45, 7) is 3.62. The molecular formula is C16H14N4O. The largest absolute Gasteiger partial charge is 0.282 e. The minimum atomic E-state index is -0.165. The number of rotatable bonds is 2. The summed E-state index contributed by atoms with van der Waals surface area (Å²) in [4.78, 5) is 21.0. The third-order valence-corrected chi connectivity index (χ3v) is 3.24. The normalized spacial score (nSPS) is 11.8. The van der Waals surface area contributed by atoms with Crippen LogP contribution in [0.15, 0.2) is 58.7 Å². The van der Waals surface area contributed by atoms with Crippen LogP contribution in [0.1, 0.15) is 18.3 Å². The molecule has 0 bridgehead atoms. The molecule has 0 aliphatic rings. The van der Waals surface area contributed by atoms with Gasteiger partial charge in [-0.2, -0.15) is 9.78 Å². The van der Waals surface area contributed by atoms with Crippen LogP contribution in [0.5, 0.6) is 0 Å². The Balaban J connectivity index is 2.19. The molecule has 3 aromatic rings. The number of hydrogen-bond acceptors (Lipinski definition) is 4. The Bertz CT molecular complexity index is 882. The lowest BCUT2D eigenvalue weighted by molar-refractivity contribution is 0.766. The molecule has 5 heteroatoms. The maximum atomic E-state index is 12.5. The molecule has 21 heavy (non-hydrogen) atoms. The number of nitrogens with zero attached hydrogens (tertiary/aromatic N) is 4. The van der Waals surface area contributed by atoms with Crippen molar-refractivity contribution in [2.45, 2.75) is 13.8 Å². The SMILES string of the molecule is CC(=Nn1c(C)nc2ccccc2c1=O)c1cccnc1. The maximum Gasteiger partial charge on any atom is 0.282 e. The van der Waals surface area contributed by atoms with Crippen molar-refractivity contribution in [1.82, 2.24) is 14.6 Å². The van der Waals surface area contributed by atoms with Crippen LogP contribution in [0.25, 0.3) is 10.9 Å². The Kier molecular flexibility index (Phi) is 3.31. The first-order chi connectivity index (χ1) is 10.2. The maximum absolute atomic E-state index is 12.5. The summed E-state index contributed by atoms with van der Waals surface area (Å²) < 4.78 is 1.34. The number of para-hydroxylation sites is 1. The Morgan fingerprint density at radius 1 is 1.19 bits per heavy atom. The molecule has 3 rings (SSSR count). The van der Waals surface area contributed by atoms with Crippen molar-refractivity contribution >= 4 is 16.6 Å². The van der Waals surface area contributed by atoms with Crippen molar-refractivity contribution in [3.8, 4) is 0 Å². The second-order valence-corrected chi connectivity index (χ2v) is 4.72. The third-order valence-electron chi connectivity index (χ3n) is 3.24. The van der Waals surface area contributed by atoms with Crippen molar-refractivity contribution in [1.29, 1.82) is 0 Å². The Morgan fingerprint density at radius 2 is 2.00 bits per heavy atom. The molecule has 0 radical (unpaired) electrons. The molecular weight excluding hydrogens is 264 g/mol. The average Bonchev–Trinajstić information content (AvgIpc) is 2.52. The summed E-state index contributed by atoms with van der Waals surface area (Å²) in [5.74, 6) is 0.557. The Hall–Kier alpha value is -2.82. The molecule has 0 spiro atoms. The van der Waals surface area contributed by atoms with Gasteiger partial charge in [-0.3, -0.25) is 9.78 Å². The van der Waals surface area contributed by atoms with E-state index in [-0.39, 0.29) is 5.56 Å². The lowest BCUT2D eigenvalue weighted by Crippen LogP contribution is -2.21. The van der Waals surface area contributed by atoms with E-state index in [0.29, 0.717) is 22.4 Å². The molecule has 0 aliphatic heterocycles. The Morgan fingerprint density at radius 3 is 2.76 bits per heavy atom. The fraction of sp³-hybridized carbons (Fsp3) is 0.125. The minimum absolute atomic E-state index is 0.165. The van der Waals surface area contributed by atoms with Gasteiger partial charge in [0.15, 0.2) is 0 Å². The van der Waals surface area contributed by atoms with Crippen LogP contribution in [0.4, 0.5) is 0 Å². The summed E-state index contributed by atoms with van der Waals surface area (Å²) >= 11 is 0. The average molecular weight is 278 g/mol. The van der Waals surface area contributed by atoms with Crippen LogP contribution >= 0.6 is 0 Å². The van der Waals surface area contributed by atoms with Gasteiger partial charge in [0.1, 0.15) is 5.82 Å². The van der Waals surface area contributed by atoms with Crippen molar-refractivity contribution < 1.29 is 0 Å². The van der Waals surface area contributed by atoms with E-state index >= 15 is 0 Å². The zero-order valence-corrected chi connectivity index (χ0v) is 11.8. The van der Waals surface area contributed by atoms with Gasteiger partial charge in [0, 0.05) is 18.0 Å². The van der Waals surface area contributed by atoms with Gasteiger partial charge in [0.2, 0.25) is 0 Å². The molecule has 2 heterocycles. The van der Waals surface area contributed by atoms with Crippen LogP contribution < -0.4 is 5.56 Å². The lowest BCUT2D eigenvalue weighted by Gasteiger charge is -2.07. The first-order valence-electron chi connectivity index (χ1n) is 6.61. The third kappa shape index (κ3) is 2.45. The van der Waals surface area contributed by atoms with Gasteiger partial charge in [-0.1, -0.05) is 18.2 Å². The van der Waals surface area contributed by atoms with Gasteiger partial charge in [0.25, 0.3) is 5.56 Å². The highest BCUT2D eigenvalue weighted by molar-refractivity contribution is 5.98. The quantitative estimate of drug-likeness (QED) is 0.676. The number of hydrogen-bond donors (Lipinski definition) is 0. The standard InChI is InChI=1S/C16H14N4O/c1-11(13-6-5-9-17-10-13)19-20-12(2)18-15-8-4-3-7-14(15)16(20)21/h3-10H,1-2H3. The van der Waals surface area contributed by atoms with Gasteiger partial charge in [-0.25, -0.2) is 4.98 Å². The molecule has 0 fully saturated rings. The van der Waals surface area contributed by atoms with Gasteiger partial charge in [-0.15, -0.1) is 0 Å². The molecule has 5 nitrogen and oxygen atoms in total. The first kappa shape index (κ1) is 13.2. The van der Waals surface area contributed by atoms with Crippen LogP contribution in [0.3, 0.4) is 0 Å². The van der Waals surface area contributed by atoms with E-state index in [1.165, 1.54) is 4.68 Å². The van der Waals surface area contributed by atoms with Gasteiger partial charge >= 0.3 is 0 Å². The number of pyridine rings is 1. The predicted molar refractivity (Wildman–Crippen MR) is 82.6 cm³/mol. The molecule has 0 saturated heterocycles. The zero-order valence-electron chi connectivity index (χ0n) is 11.8. The van der Waals surface area contributed by atoms with E-state index in [0.717, 1.165) is 5.56 Å². The molecule has 0 N–H and O–H groups in total. The minimum Gasteiger partial charge on any atom is -0.267 e. The summed E-state index contributed by atoms with van der Waals surface area (Å²) in [5.41, 5.74) is 2.11. The molecule has 2 aromatic heterocycles. The number of fused-ring (bicyclic) bond motifs is 1. The van der Waals surface area contributed by atoms with E-state index in [1.54, 1.807) is 25.4 Å². The molecule has 0 unspecified atom stereocenters. The highest BCUT2D eigenvalue weighted by Gasteiger charge is 2.07. The monoisotopic (exact) mass is 278 g/mol. The molecule has 0 saturated carbocycles. The molecule has 1 aromatic carbocycles. The number of benzene rings is 1. The van der Waals surface area contributed by atoms with Crippen molar-refractivity contribution in [2.24, 2.45) is 5.10 Å². The van der Waals surface area contributed by atoms with Crippen LogP contribution in [-0.4, -0.2) is 20.4 Å². The van der Waals surface area contributed by atoms with E-state index < -0.39 is 0 Å². The zero-order chi connectivity index (χ0) is 14.8. The summed E-state index contributed by atoms with van der Waals surface area (Å²) in [7, 11) is 0. The molecule has 0 atom stereocenters. The summed E-state index contributed by atoms with van der Waals surface area (Å²) in [5, 5.41) is 4.96. The second kappa shape index (κ2) is 5.28. The summed E-state index contributed by atoms with van der Waals surface area (Å²) in [6.07, 6.45) is 3.42. The van der Waals surface area contributed by atoms with Crippen LogP contribution in [0.2, 0.25) is 0 Å². The Labute approximate surface area is 121 Å². The van der Waals surface area contributed by atoms with Crippen LogP contribution in [-0.2, 0) is 0 Å². The van der Waals surface area contributed by atoms with E-state index in [1.807, 2.05) is 37.3 Å². The molecule has 0 aliphatic carbocycles.